The molecule has 0 spiro atoms. The monoisotopic (exact) mass is 255 g/mol. The highest BCUT2D eigenvalue weighted by Crippen LogP contribution is 2.19. The highest BCUT2D eigenvalue weighted by Gasteiger charge is 2.22. The summed E-state index contributed by atoms with van der Waals surface area (Å²) in [6.07, 6.45) is 6.23. The van der Waals surface area contributed by atoms with Gasteiger partial charge in [-0.05, 0) is 31.2 Å². The van der Waals surface area contributed by atoms with Crippen LogP contribution in [-0.2, 0) is 12.3 Å². The van der Waals surface area contributed by atoms with Crippen LogP contribution < -0.4 is 5.32 Å². The van der Waals surface area contributed by atoms with Gasteiger partial charge in [0, 0.05) is 6.04 Å². The average molecular weight is 255 g/mol. The average Bonchev–Trinajstić information content (AvgIpc) is 2.76. The minimum Gasteiger partial charge on any atom is -0.464 e. The molecule has 2 rings (SSSR count). The van der Waals surface area contributed by atoms with Gasteiger partial charge in [-0.25, -0.2) is 0 Å². The van der Waals surface area contributed by atoms with Crippen LogP contribution in [0.2, 0.25) is 0 Å². The topological polar surface area (TPSA) is 45.4 Å². The van der Waals surface area contributed by atoms with Crippen LogP contribution in [0, 0.1) is 0 Å². The molecule has 0 saturated heterocycles. The third-order valence-electron chi connectivity index (χ3n) is 3.27. The lowest BCUT2D eigenvalue weighted by molar-refractivity contribution is 0.0893. The van der Waals surface area contributed by atoms with E-state index in [1.807, 2.05) is 12.1 Å². The molecular formula is C13H21NO2S. The third kappa shape index (κ3) is 3.76. The van der Waals surface area contributed by atoms with E-state index in [9.17, 15) is 5.11 Å². The van der Waals surface area contributed by atoms with Gasteiger partial charge in [0.1, 0.15) is 11.5 Å². The van der Waals surface area contributed by atoms with E-state index in [1.54, 1.807) is 11.8 Å². The molecule has 1 fully saturated rings. The molecule has 1 heterocycles. The fourth-order valence-corrected chi connectivity index (χ4v) is 2.76. The van der Waals surface area contributed by atoms with E-state index in [2.05, 4.69) is 11.6 Å². The Morgan fingerprint density at radius 2 is 2.12 bits per heavy atom. The van der Waals surface area contributed by atoms with Crippen molar-refractivity contribution in [3.05, 3.63) is 23.7 Å². The van der Waals surface area contributed by atoms with Gasteiger partial charge in [-0.1, -0.05) is 12.8 Å². The Labute approximate surface area is 107 Å². The van der Waals surface area contributed by atoms with Gasteiger partial charge in [0.05, 0.1) is 18.4 Å². The van der Waals surface area contributed by atoms with Gasteiger partial charge in [-0.15, -0.1) is 0 Å². The number of hydrogen-bond donors (Lipinski definition) is 2. The van der Waals surface area contributed by atoms with E-state index in [0.29, 0.717) is 0 Å². The molecule has 1 aromatic rings. The molecular weight excluding hydrogens is 234 g/mol. The van der Waals surface area contributed by atoms with E-state index in [4.69, 9.17) is 4.42 Å². The molecule has 2 atom stereocenters. The van der Waals surface area contributed by atoms with Crippen LogP contribution in [0.3, 0.4) is 0 Å². The minimum atomic E-state index is -0.190. The fourth-order valence-electron chi connectivity index (χ4n) is 2.32. The first-order valence-electron chi connectivity index (χ1n) is 6.27. The van der Waals surface area contributed by atoms with Crippen molar-refractivity contribution in [2.45, 2.75) is 50.1 Å². The van der Waals surface area contributed by atoms with Crippen LogP contribution >= 0.6 is 11.8 Å². The third-order valence-corrected chi connectivity index (χ3v) is 3.85. The summed E-state index contributed by atoms with van der Waals surface area (Å²) in [6, 6.07) is 4.29. The standard InChI is InChI=1S/C13H21NO2S/c1-17-9-11-7-6-10(16-11)8-14-12-4-2-3-5-13(12)15/h6-7,12-15H,2-5,8-9H2,1H3. The summed E-state index contributed by atoms with van der Waals surface area (Å²) in [7, 11) is 0. The minimum absolute atomic E-state index is 0.190. The van der Waals surface area contributed by atoms with Gasteiger partial charge in [-0.3, -0.25) is 0 Å². The molecule has 3 nitrogen and oxygen atoms in total. The molecule has 1 aromatic heterocycles. The van der Waals surface area contributed by atoms with E-state index >= 15 is 0 Å². The Morgan fingerprint density at radius 3 is 2.88 bits per heavy atom. The zero-order valence-corrected chi connectivity index (χ0v) is 11.1. The first-order valence-corrected chi connectivity index (χ1v) is 7.67. The Balaban J connectivity index is 1.79. The second-order valence-electron chi connectivity index (χ2n) is 4.64. The number of hydrogen-bond acceptors (Lipinski definition) is 4. The van der Waals surface area contributed by atoms with Crippen LogP contribution in [0.5, 0.6) is 0 Å². The fraction of sp³-hybridized carbons (Fsp3) is 0.692. The summed E-state index contributed by atoms with van der Waals surface area (Å²) >= 11 is 1.76. The van der Waals surface area contributed by atoms with Crippen LogP contribution in [0.25, 0.3) is 0 Å². The molecule has 2 unspecified atom stereocenters. The van der Waals surface area contributed by atoms with Crippen molar-refractivity contribution in [3.63, 3.8) is 0 Å². The molecule has 96 valence electrons. The first-order chi connectivity index (χ1) is 8.29. The molecule has 2 N–H and O–H groups in total. The van der Waals surface area contributed by atoms with Crippen molar-refractivity contribution in [1.29, 1.82) is 0 Å². The Morgan fingerprint density at radius 1 is 1.35 bits per heavy atom. The van der Waals surface area contributed by atoms with Gasteiger partial charge < -0.3 is 14.8 Å². The van der Waals surface area contributed by atoms with Crippen LogP contribution in [0.4, 0.5) is 0 Å². The van der Waals surface area contributed by atoms with Crippen molar-refractivity contribution in [3.8, 4) is 0 Å². The molecule has 0 aliphatic heterocycles. The molecule has 0 aromatic carbocycles. The molecule has 4 heteroatoms. The highest BCUT2D eigenvalue weighted by atomic mass is 32.2. The van der Waals surface area contributed by atoms with Gasteiger partial charge in [0.2, 0.25) is 0 Å². The lowest BCUT2D eigenvalue weighted by Crippen LogP contribution is -2.41. The number of furan rings is 1. The number of thioether (sulfide) groups is 1. The van der Waals surface area contributed by atoms with Gasteiger partial charge in [0.25, 0.3) is 0 Å². The summed E-state index contributed by atoms with van der Waals surface area (Å²) in [4.78, 5) is 0. The Bertz CT molecular complexity index is 340. The van der Waals surface area contributed by atoms with E-state index in [0.717, 1.165) is 43.1 Å². The zero-order valence-electron chi connectivity index (χ0n) is 10.3. The van der Waals surface area contributed by atoms with Crippen LogP contribution in [0.15, 0.2) is 16.5 Å². The number of aliphatic hydroxyl groups is 1. The number of nitrogens with one attached hydrogen (secondary N) is 1. The summed E-state index contributed by atoms with van der Waals surface area (Å²) < 4.78 is 5.69. The summed E-state index contributed by atoms with van der Waals surface area (Å²) in [5.41, 5.74) is 0. The lowest BCUT2D eigenvalue weighted by atomic mass is 9.92. The molecule has 17 heavy (non-hydrogen) atoms. The van der Waals surface area contributed by atoms with Crippen molar-refractivity contribution < 1.29 is 9.52 Å². The van der Waals surface area contributed by atoms with Gasteiger partial charge in [0.15, 0.2) is 0 Å². The summed E-state index contributed by atoms with van der Waals surface area (Å²) in [5.74, 6) is 2.91. The smallest absolute Gasteiger partial charge is 0.118 e. The maximum atomic E-state index is 9.84. The summed E-state index contributed by atoms with van der Waals surface area (Å²) in [6.45, 7) is 0.718. The molecule has 0 radical (unpaired) electrons. The zero-order chi connectivity index (χ0) is 12.1. The van der Waals surface area contributed by atoms with Crippen LogP contribution in [0.1, 0.15) is 37.2 Å². The predicted octanol–water partition coefficient (Wildman–Crippen LogP) is 2.54. The van der Waals surface area contributed by atoms with Gasteiger partial charge >= 0.3 is 0 Å². The first kappa shape index (κ1) is 13.0. The maximum absolute atomic E-state index is 9.84. The molecule has 1 aliphatic carbocycles. The molecule has 1 aliphatic rings. The largest absolute Gasteiger partial charge is 0.464 e. The van der Waals surface area contributed by atoms with Crippen molar-refractivity contribution in [1.82, 2.24) is 5.32 Å². The number of rotatable bonds is 5. The predicted molar refractivity (Wildman–Crippen MR) is 71.0 cm³/mol. The highest BCUT2D eigenvalue weighted by molar-refractivity contribution is 7.97. The van der Waals surface area contributed by atoms with Gasteiger partial charge in [-0.2, -0.15) is 11.8 Å². The second-order valence-corrected chi connectivity index (χ2v) is 5.51. The summed E-state index contributed by atoms with van der Waals surface area (Å²) in [5, 5.41) is 13.2. The quantitative estimate of drug-likeness (QED) is 0.848. The molecule has 0 bridgehead atoms. The molecule has 0 amide bonds. The van der Waals surface area contributed by atoms with Crippen molar-refractivity contribution >= 4 is 11.8 Å². The second kappa shape index (κ2) is 6.47. The van der Waals surface area contributed by atoms with Crippen molar-refractivity contribution in [2.24, 2.45) is 0 Å². The van der Waals surface area contributed by atoms with E-state index in [1.165, 1.54) is 6.42 Å². The molecule has 1 saturated carbocycles. The van der Waals surface area contributed by atoms with Crippen molar-refractivity contribution in [2.75, 3.05) is 6.26 Å². The Hall–Kier alpha value is -0.450. The Kier molecular flexibility index (Phi) is 4.95. The van der Waals surface area contributed by atoms with E-state index < -0.39 is 0 Å². The maximum Gasteiger partial charge on any atom is 0.118 e. The SMILES string of the molecule is CSCc1ccc(CNC2CCCCC2O)o1. The number of aliphatic hydroxyl groups excluding tert-OH is 1. The van der Waals surface area contributed by atoms with E-state index in [-0.39, 0.29) is 12.1 Å². The van der Waals surface area contributed by atoms with Crippen LogP contribution in [-0.4, -0.2) is 23.5 Å². The normalized spacial score (nSPS) is 25.1. The lowest BCUT2D eigenvalue weighted by Gasteiger charge is -2.28.